The molecule has 1 saturated heterocycles. The van der Waals surface area contributed by atoms with Crippen LogP contribution in [0.25, 0.3) is 0 Å². The first-order valence-electron chi connectivity index (χ1n) is 9.62. The van der Waals surface area contributed by atoms with Crippen LogP contribution in [0.3, 0.4) is 0 Å². The SMILES string of the molecule is CC(C)C[C@H](NC(=O)CNC(=O)c1cc(Cl)ccc1C#N)B1OCCNCCO1. The standard InChI is InChI=1S/C19H26BClN4O4/c1-13(2)9-17(20-28-7-5-23-6-8-29-20)25-18(26)12-24-19(27)16-10-15(21)4-3-14(16)11-22/h3-4,10,13,17,23H,5-9,12H2,1-2H3,(H,24,27)(H,25,26)/t17-/m0/s1. The molecule has 29 heavy (non-hydrogen) atoms. The van der Waals surface area contributed by atoms with Crippen molar-refractivity contribution < 1.29 is 18.9 Å². The van der Waals surface area contributed by atoms with Gasteiger partial charge in [0.25, 0.3) is 5.91 Å². The maximum Gasteiger partial charge on any atom is 0.480 e. The number of nitrogens with zero attached hydrogens (tertiary/aromatic N) is 1. The Morgan fingerprint density at radius 3 is 2.62 bits per heavy atom. The zero-order chi connectivity index (χ0) is 21.2. The molecule has 1 aliphatic rings. The third-order valence-corrected chi connectivity index (χ3v) is 4.51. The fourth-order valence-corrected chi connectivity index (χ4v) is 3.13. The van der Waals surface area contributed by atoms with E-state index < -0.39 is 13.0 Å². The van der Waals surface area contributed by atoms with Gasteiger partial charge in [-0.15, -0.1) is 0 Å². The van der Waals surface area contributed by atoms with Crippen molar-refractivity contribution in [2.45, 2.75) is 26.2 Å². The number of hydrogen-bond donors (Lipinski definition) is 3. The Morgan fingerprint density at radius 1 is 1.31 bits per heavy atom. The Labute approximate surface area is 176 Å². The van der Waals surface area contributed by atoms with Crippen LogP contribution >= 0.6 is 11.6 Å². The predicted molar refractivity (Wildman–Crippen MR) is 110 cm³/mol. The summed E-state index contributed by atoms with van der Waals surface area (Å²) in [5, 5.41) is 18.1. The van der Waals surface area contributed by atoms with Gasteiger partial charge in [0.1, 0.15) is 0 Å². The third kappa shape index (κ3) is 7.67. The average Bonchev–Trinajstić information content (AvgIpc) is 2.65. The highest BCUT2D eigenvalue weighted by molar-refractivity contribution is 6.47. The molecule has 156 valence electrons. The molecule has 0 unspecified atom stereocenters. The molecule has 0 aliphatic carbocycles. The minimum Gasteiger partial charge on any atom is -0.408 e. The van der Waals surface area contributed by atoms with Gasteiger partial charge in [-0.3, -0.25) is 9.59 Å². The van der Waals surface area contributed by atoms with Crippen molar-refractivity contribution in [2.75, 3.05) is 32.8 Å². The van der Waals surface area contributed by atoms with Crippen LogP contribution in [0.15, 0.2) is 18.2 Å². The van der Waals surface area contributed by atoms with Crippen molar-refractivity contribution in [3.8, 4) is 6.07 Å². The van der Waals surface area contributed by atoms with Gasteiger partial charge in [0.05, 0.1) is 29.7 Å². The highest BCUT2D eigenvalue weighted by Gasteiger charge is 2.33. The quantitative estimate of drug-likeness (QED) is 0.570. The summed E-state index contributed by atoms with van der Waals surface area (Å²) >= 11 is 5.91. The van der Waals surface area contributed by atoms with Crippen LogP contribution in [0.1, 0.15) is 36.2 Å². The molecule has 0 saturated carbocycles. The second kappa shape index (κ2) is 11.8. The summed E-state index contributed by atoms with van der Waals surface area (Å²) in [5.41, 5.74) is 0.320. The van der Waals surface area contributed by atoms with Crippen LogP contribution in [0.2, 0.25) is 5.02 Å². The normalized spacial score (nSPS) is 15.8. The first-order chi connectivity index (χ1) is 13.9. The number of nitriles is 1. The molecule has 2 amide bonds. The van der Waals surface area contributed by atoms with Crippen molar-refractivity contribution in [3.05, 3.63) is 34.3 Å². The Hall–Kier alpha value is -2.12. The van der Waals surface area contributed by atoms with E-state index >= 15 is 0 Å². The van der Waals surface area contributed by atoms with Gasteiger partial charge in [0, 0.05) is 31.3 Å². The van der Waals surface area contributed by atoms with Crippen molar-refractivity contribution >= 4 is 30.5 Å². The monoisotopic (exact) mass is 420 g/mol. The number of amides is 2. The number of carbonyl (C=O) groups excluding carboxylic acids is 2. The van der Waals surface area contributed by atoms with Crippen molar-refractivity contribution in [1.29, 1.82) is 5.26 Å². The lowest BCUT2D eigenvalue weighted by molar-refractivity contribution is -0.120. The number of carbonyl (C=O) groups is 2. The molecular formula is C19H26BClN4O4. The third-order valence-electron chi connectivity index (χ3n) is 4.28. The van der Waals surface area contributed by atoms with Crippen LogP contribution in [0.4, 0.5) is 0 Å². The van der Waals surface area contributed by atoms with Crippen LogP contribution in [0.5, 0.6) is 0 Å². The summed E-state index contributed by atoms with van der Waals surface area (Å²) in [6.07, 6.45) is 0.671. The molecule has 0 bridgehead atoms. The van der Waals surface area contributed by atoms with Gasteiger partial charge in [-0.05, 0) is 30.5 Å². The first kappa shape index (κ1) is 23.2. The largest absolute Gasteiger partial charge is 0.480 e. The van der Waals surface area contributed by atoms with E-state index in [0.717, 1.165) is 13.1 Å². The second-order valence-electron chi connectivity index (χ2n) is 7.15. The van der Waals surface area contributed by atoms with Crippen LogP contribution in [-0.2, 0) is 14.1 Å². The number of benzene rings is 1. The predicted octanol–water partition coefficient (Wildman–Crippen LogP) is 1.14. The lowest BCUT2D eigenvalue weighted by Gasteiger charge is -2.27. The number of nitrogens with one attached hydrogen (secondary N) is 3. The van der Waals surface area contributed by atoms with E-state index in [4.69, 9.17) is 26.2 Å². The maximum absolute atomic E-state index is 12.4. The Kier molecular flexibility index (Phi) is 9.41. The zero-order valence-corrected chi connectivity index (χ0v) is 17.4. The Balaban J connectivity index is 1.96. The number of halogens is 1. The average molecular weight is 421 g/mol. The van der Waals surface area contributed by atoms with E-state index in [9.17, 15) is 9.59 Å². The van der Waals surface area contributed by atoms with E-state index in [1.807, 2.05) is 19.9 Å². The Bertz CT molecular complexity index is 748. The first-order valence-corrected chi connectivity index (χ1v) is 9.99. The highest BCUT2D eigenvalue weighted by atomic mass is 35.5. The van der Waals surface area contributed by atoms with Crippen molar-refractivity contribution in [3.63, 3.8) is 0 Å². The van der Waals surface area contributed by atoms with Gasteiger partial charge in [0.15, 0.2) is 0 Å². The van der Waals surface area contributed by atoms with E-state index in [1.54, 1.807) is 0 Å². The molecule has 10 heteroatoms. The highest BCUT2D eigenvalue weighted by Crippen LogP contribution is 2.15. The van der Waals surface area contributed by atoms with Gasteiger partial charge in [0.2, 0.25) is 5.91 Å². The minimum absolute atomic E-state index is 0.130. The molecule has 0 aromatic heterocycles. The summed E-state index contributed by atoms with van der Waals surface area (Å²) in [6, 6.07) is 6.34. The lowest BCUT2D eigenvalue weighted by atomic mass is 9.73. The second-order valence-corrected chi connectivity index (χ2v) is 7.58. The van der Waals surface area contributed by atoms with Crippen molar-refractivity contribution in [2.24, 2.45) is 5.92 Å². The molecule has 1 aromatic rings. The van der Waals surface area contributed by atoms with Crippen LogP contribution in [-0.4, -0.2) is 57.7 Å². The van der Waals surface area contributed by atoms with Gasteiger partial charge in [-0.25, -0.2) is 0 Å². The maximum atomic E-state index is 12.4. The zero-order valence-electron chi connectivity index (χ0n) is 16.7. The topological polar surface area (TPSA) is 112 Å². The molecule has 1 fully saturated rings. The van der Waals surface area contributed by atoms with Crippen LogP contribution in [0, 0.1) is 17.2 Å². The molecule has 1 heterocycles. The summed E-state index contributed by atoms with van der Waals surface area (Å²) in [4.78, 5) is 24.8. The van der Waals surface area contributed by atoms with E-state index in [0.29, 0.717) is 30.6 Å². The number of hydrogen-bond acceptors (Lipinski definition) is 6. The van der Waals surface area contributed by atoms with Gasteiger partial charge in [-0.1, -0.05) is 25.4 Å². The summed E-state index contributed by atoms with van der Waals surface area (Å²) in [6.45, 7) is 6.27. The molecule has 1 aliphatic heterocycles. The summed E-state index contributed by atoms with van der Waals surface area (Å²) in [5.74, 6) is -0.922. The molecule has 2 rings (SSSR count). The minimum atomic E-state index is -0.544. The molecule has 8 nitrogen and oxygen atoms in total. The molecule has 3 N–H and O–H groups in total. The van der Waals surface area contributed by atoms with E-state index in [1.165, 1.54) is 18.2 Å². The van der Waals surface area contributed by atoms with Crippen LogP contribution < -0.4 is 16.0 Å². The molecular weight excluding hydrogens is 394 g/mol. The van der Waals surface area contributed by atoms with Gasteiger partial charge >= 0.3 is 7.12 Å². The molecule has 1 atom stereocenters. The molecule has 1 aromatic carbocycles. The summed E-state index contributed by atoms with van der Waals surface area (Å²) < 4.78 is 11.5. The molecule has 0 radical (unpaired) electrons. The molecule has 0 spiro atoms. The smallest absolute Gasteiger partial charge is 0.408 e. The fourth-order valence-electron chi connectivity index (χ4n) is 2.96. The fraction of sp³-hybridized carbons (Fsp3) is 0.526. The number of rotatable bonds is 7. The van der Waals surface area contributed by atoms with Crippen molar-refractivity contribution in [1.82, 2.24) is 16.0 Å². The Morgan fingerprint density at radius 2 is 2.00 bits per heavy atom. The van der Waals surface area contributed by atoms with E-state index in [2.05, 4.69) is 16.0 Å². The lowest BCUT2D eigenvalue weighted by Crippen LogP contribution is -2.53. The summed E-state index contributed by atoms with van der Waals surface area (Å²) in [7, 11) is -0.544. The van der Waals surface area contributed by atoms with E-state index in [-0.39, 0.29) is 29.5 Å². The van der Waals surface area contributed by atoms with Gasteiger partial charge < -0.3 is 25.3 Å². The van der Waals surface area contributed by atoms with Gasteiger partial charge in [-0.2, -0.15) is 5.26 Å².